The molecule has 25 heavy (non-hydrogen) atoms. The Balaban J connectivity index is 1.83. The number of nitrogens with one attached hydrogen (secondary N) is 1. The van der Waals surface area contributed by atoms with Crippen molar-refractivity contribution in [3.8, 4) is 5.69 Å². The summed E-state index contributed by atoms with van der Waals surface area (Å²) in [5, 5.41) is 10.9. The minimum absolute atomic E-state index is 0.229. The van der Waals surface area contributed by atoms with E-state index in [1.165, 1.54) is 11.0 Å². The zero-order chi connectivity index (χ0) is 17.9. The first kappa shape index (κ1) is 17.1. The standard InChI is InChI=1S/C17H19N5O2S/c1-3-13(2)14-7-9-17(10-8-14)25(23,24)19-15-5-4-6-16(11-15)22-12-18-20-21-22/h4-13,19H,3H2,1-2H3/t13-/m0/s1. The van der Waals surface area contributed by atoms with Gasteiger partial charge in [0.25, 0.3) is 10.0 Å². The molecule has 3 rings (SSSR count). The number of sulfonamides is 1. The lowest BCUT2D eigenvalue weighted by Gasteiger charge is -2.12. The summed E-state index contributed by atoms with van der Waals surface area (Å²) in [6.07, 6.45) is 2.45. The molecule has 0 aliphatic carbocycles. The van der Waals surface area contributed by atoms with Crippen LogP contribution in [-0.4, -0.2) is 28.6 Å². The fraction of sp³-hybridized carbons (Fsp3) is 0.235. The predicted molar refractivity (Wildman–Crippen MR) is 95.1 cm³/mol. The molecule has 0 spiro atoms. The highest BCUT2D eigenvalue weighted by Gasteiger charge is 2.15. The quantitative estimate of drug-likeness (QED) is 0.732. The molecule has 0 radical (unpaired) electrons. The van der Waals surface area contributed by atoms with Gasteiger partial charge < -0.3 is 0 Å². The van der Waals surface area contributed by atoms with E-state index in [9.17, 15) is 8.42 Å². The summed E-state index contributed by atoms with van der Waals surface area (Å²) in [6, 6.07) is 13.9. The fourth-order valence-electron chi connectivity index (χ4n) is 2.42. The Bertz CT molecular complexity index is 937. The molecule has 0 aliphatic rings. The maximum absolute atomic E-state index is 12.6. The Kier molecular flexibility index (Phi) is 4.80. The lowest BCUT2D eigenvalue weighted by molar-refractivity contribution is 0.601. The Morgan fingerprint density at radius 3 is 2.56 bits per heavy atom. The minimum atomic E-state index is -3.66. The van der Waals surface area contributed by atoms with Crippen LogP contribution in [0.3, 0.4) is 0 Å². The zero-order valence-electron chi connectivity index (χ0n) is 14.0. The lowest BCUT2D eigenvalue weighted by atomic mass is 9.99. The third-order valence-corrected chi connectivity index (χ3v) is 5.48. The first-order chi connectivity index (χ1) is 12.0. The Labute approximate surface area is 146 Å². The van der Waals surface area contributed by atoms with Crippen molar-refractivity contribution in [3.63, 3.8) is 0 Å². The van der Waals surface area contributed by atoms with Gasteiger partial charge in [-0.25, -0.2) is 13.1 Å². The summed E-state index contributed by atoms with van der Waals surface area (Å²) < 4.78 is 29.2. The SMILES string of the molecule is CC[C@H](C)c1ccc(S(=O)(=O)Nc2cccc(-n3cnnn3)c2)cc1. The molecular formula is C17H19N5O2S. The van der Waals surface area contributed by atoms with E-state index < -0.39 is 10.0 Å². The maximum Gasteiger partial charge on any atom is 0.261 e. The van der Waals surface area contributed by atoms with Crippen LogP contribution in [0.25, 0.3) is 5.69 Å². The van der Waals surface area contributed by atoms with E-state index in [-0.39, 0.29) is 4.90 Å². The van der Waals surface area contributed by atoms with Crippen LogP contribution < -0.4 is 4.72 Å². The molecule has 7 nitrogen and oxygen atoms in total. The van der Waals surface area contributed by atoms with Crippen molar-refractivity contribution in [1.29, 1.82) is 0 Å². The molecule has 1 heterocycles. The monoisotopic (exact) mass is 357 g/mol. The third kappa shape index (κ3) is 3.85. The van der Waals surface area contributed by atoms with Crippen molar-refractivity contribution in [2.24, 2.45) is 0 Å². The second-order valence-electron chi connectivity index (χ2n) is 5.79. The van der Waals surface area contributed by atoms with E-state index in [0.29, 0.717) is 17.3 Å². The molecule has 1 atom stereocenters. The van der Waals surface area contributed by atoms with Gasteiger partial charge in [0, 0.05) is 0 Å². The second kappa shape index (κ2) is 7.02. The van der Waals surface area contributed by atoms with Gasteiger partial charge in [0.15, 0.2) is 0 Å². The molecule has 1 N–H and O–H groups in total. The van der Waals surface area contributed by atoms with Gasteiger partial charge in [-0.1, -0.05) is 32.0 Å². The number of aromatic nitrogens is 4. The van der Waals surface area contributed by atoms with Crippen LogP contribution in [0.4, 0.5) is 5.69 Å². The van der Waals surface area contributed by atoms with Gasteiger partial charge >= 0.3 is 0 Å². The highest BCUT2D eigenvalue weighted by atomic mass is 32.2. The Morgan fingerprint density at radius 1 is 1.16 bits per heavy atom. The largest absolute Gasteiger partial charge is 0.280 e. The number of nitrogens with zero attached hydrogens (tertiary/aromatic N) is 4. The molecule has 0 amide bonds. The van der Waals surface area contributed by atoms with Crippen LogP contribution >= 0.6 is 0 Å². The number of anilines is 1. The minimum Gasteiger partial charge on any atom is -0.280 e. The summed E-state index contributed by atoms with van der Waals surface area (Å²) in [6.45, 7) is 4.22. The molecule has 3 aromatic rings. The number of hydrogen-bond donors (Lipinski definition) is 1. The first-order valence-corrected chi connectivity index (χ1v) is 9.44. The van der Waals surface area contributed by atoms with Gasteiger partial charge in [-0.3, -0.25) is 4.72 Å². The molecule has 130 valence electrons. The molecule has 1 aromatic heterocycles. The summed E-state index contributed by atoms with van der Waals surface area (Å²) in [5.74, 6) is 0.401. The summed E-state index contributed by atoms with van der Waals surface area (Å²) in [7, 11) is -3.66. The van der Waals surface area contributed by atoms with Gasteiger partial charge in [-0.05, 0) is 58.7 Å². The van der Waals surface area contributed by atoms with Crippen LogP contribution in [0.2, 0.25) is 0 Å². The number of rotatable bonds is 6. The molecule has 0 fully saturated rings. The van der Waals surface area contributed by atoms with Gasteiger partial charge in [0.05, 0.1) is 16.3 Å². The molecule has 0 bridgehead atoms. The van der Waals surface area contributed by atoms with E-state index >= 15 is 0 Å². The average Bonchev–Trinajstić information content (AvgIpc) is 3.16. The van der Waals surface area contributed by atoms with Gasteiger partial charge in [-0.2, -0.15) is 0 Å². The van der Waals surface area contributed by atoms with Crippen LogP contribution in [-0.2, 0) is 10.0 Å². The third-order valence-electron chi connectivity index (χ3n) is 4.08. The van der Waals surface area contributed by atoms with Crippen molar-refractivity contribution in [1.82, 2.24) is 20.2 Å². The van der Waals surface area contributed by atoms with Crippen molar-refractivity contribution in [2.45, 2.75) is 31.1 Å². The van der Waals surface area contributed by atoms with Crippen LogP contribution in [0.1, 0.15) is 31.7 Å². The van der Waals surface area contributed by atoms with Crippen molar-refractivity contribution in [2.75, 3.05) is 4.72 Å². The average molecular weight is 357 g/mol. The lowest BCUT2D eigenvalue weighted by Crippen LogP contribution is -2.13. The topological polar surface area (TPSA) is 89.8 Å². The van der Waals surface area contributed by atoms with Gasteiger partial charge in [0.2, 0.25) is 0 Å². The fourth-order valence-corrected chi connectivity index (χ4v) is 3.47. The Hall–Kier alpha value is -2.74. The van der Waals surface area contributed by atoms with Crippen molar-refractivity contribution >= 4 is 15.7 Å². The first-order valence-electron chi connectivity index (χ1n) is 7.96. The van der Waals surface area contributed by atoms with Crippen molar-refractivity contribution in [3.05, 3.63) is 60.4 Å². The van der Waals surface area contributed by atoms with Crippen LogP contribution in [0.5, 0.6) is 0 Å². The number of benzene rings is 2. The molecule has 8 heteroatoms. The van der Waals surface area contributed by atoms with E-state index in [1.54, 1.807) is 36.4 Å². The Morgan fingerprint density at radius 2 is 1.92 bits per heavy atom. The highest BCUT2D eigenvalue weighted by molar-refractivity contribution is 7.92. The molecular weight excluding hydrogens is 338 g/mol. The number of hydrogen-bond acceptors (Lipinski definition) is 5. The molecule has 0 saturated heterocycles. The second-order valence-corrected chi connectivity index (χ2v) is 7.47. The normalized spacial score (nSPS) is 12.7. The summed E-state index contributed by atoms with van der Waals surface area (Å²) >= 11 is 0. The van der Waals surface area contributed by atoms with Crippen molar-refractivity contribution < 1.29 is 8.42 Å². The molecule has 2 aromatic carbocycles. The summed E-state index contributed by atoms with van der Waals surface area (Å²) in [4.78, 5) is 0.229. The smallest absolute Gasteiger partial charge is 0.261 e. The maximum atomic E-state index is 12.6. The molecule has 0 unspecified atom stereocenters. The molecule has 0 saturated carbocycles. The van der Waals surface area contributed by atoms with Gasteiger partial charge in [0.1, 0.15) is 6.33 Å². The zero-order valence-corrected chi connectivity index (χ0v) is 14.8. The van der Waals surface area contributed by atoms with E-state index in [0.717, 1.165) is 12.0 Å². The van der Waals surface area contributed by atoms with E-state index in [1.807, 2.05) is 12.1 Å². The van der Waals surface area contributed by atoms with Crippen LogP contribution in [0, 0.1) is 0 Å². The van der Waals surface area contributed by atoms with E-state index in [4.69, 9.17) is 0 Å². The highest BCUT2D eigenvalue weighted by Crippen LogP contribution is 2.22. The molecule has 0 aliphatic heterocycles. The van der Waals surface area contributed by atoms with Gasteiger partial charge in [-0.15, -0.1) is 5.10 Å². The number of tetrazole rings is 1. The predicted octanol–water partition coefficient (Wildman–Crippen LogP) is 2.98. The van der Waals surface area contributed by atoms with Crippen LogP contribution in [0.15, 0.2) is 59.8 Å². The van der Waals surface area contributed by atoms with E-state index in [2.05, 4.69) is 34.1 Å². The summed E-state index contributed by atoms with van der Waals surface area (Å²) in [5.41, 5.74) is 2.23.